The fraction of sp³-hybridized carbons (Fsp3) is 0.250. The van der Waals surface area contributed by atoms with Crippen molar-refractivity contribution < 1.29 is 13.6 Å². The molecule has 0 fully saturated rings. The first-order chi connectivity index (χ1) is 12.8. The van der Waals surface area contributed by atoms with Crippen molar-refractivity contribution in [1.82, 2.24) is 19.4 Å². The zero-order valence-corrected chi connectivity index (χ0v) is 15.4. The van der Waals surface area contributed by atoms with Gasteiger partial charge in [-0.25, -0.2) is 13.8 Å². The van der Waals surface area contributed by atoms with Gasteiger partial charge in [-0.1, -0.05) is 6.07 Å². The second kappa shape index (κ2) is 7.65. The molecule has 0 atom stereocenters. The van der Waals surface area contributed by atoms with Crippen molar-refractivity contribution >= 4 is 5.91 Å². The predicted molar refractivity (Wildman–Crippen MR) is 97.8 cm³/mol. The Morgan fingerprint density at radius 2 is 2.00 bits per heavy atom. The molecule has 0 radical (unpaired) electrons. The van der Waals surface area contributed by atoms with E-state index in [0.29, 0.717) is 11.3 Å². The maximum absolute atomic E-state index is 14.3. The first kappa shape index (κ1) is 18.7. The molecule has 5 nitrogen and oxygen atoms in total. The van der Waals surface area contributed by atoms with Crippen LogP contribution in [0.4, 0.5) is 8.78 Å². The third kappa shape index (κ3) is 4.19. The van der Waals surface area contributed by atoms with Crippen LogP contribution >= 0.6 is 0 Å². The van der Waals surface area contributed by atoms with Gasteiger partial charge < -0.3 is 9.47 Å². The molecule has 7 heteroatoms. The second-order valence-electron chi connectivity index (χ2n) is 6.66. The number of hydrogen-bond acceptors (Lipinski definition) is 3. The van der Waals surface area contributed by atoms with E-state index >= 15 is 0 Å². The number of carbonyl (C=O) groups excluding carboxylic acids is 1. The Hall–Kier alpha value is -3.09. The highest BCUT2D eigenvalue weighted by Crippen LogP contribution is 2.25. The van der Waals surface area contributed by atoms with E-state index < -0.39 is 11.6 Å². The molecule has 0 aliphatic carbocycles. The summed E-state index contributed by atoms with van der Waals surface area (Å²) < 4.78 is 29.4. The molecule has 0 aliphatic rings. The summed E-state index contributed by atoms with van der Waals surface area (Å²) in [7, 11) is 1.79. The average molecular weight is 370 g/mol. The maximum Gasteiger partial charge on any atom is 0.274 e. The molecular formula is C20H20F2N4O. The van der Waals surface area contributed by atoms with Crippen molar-refractivity contribution in [3.63, 3.8) is 0 Å². The molecule has 0 saturated carbocycles. The third-order valence-corrected chi connectivity index (χ3v) is 4.21. The minimum atomic E-state index is -0.536. The molecule has 2 aromatic heterocycles. The molecule has 3 rings (SSSR count). The largest absolute Gasteiger partial charge is 0.340 e. The number of imidazole rings is 1. The Balaban J connectivity index is 1.91. The number of aromatic nitrogens is 3. The van der Waals surface area contributed by atoms with Crippen LogP contribution in [0, 0.1) is 11.6 Å². The zero-order valence-electron chi connectivity index (χ0n) is 15.4. The number of nitrogens with zero attached hydrogens (tertiary/aromatic N) is 4. The summed E-state index contributed by atoms with van der Waals surface area (Å²) >= 11 is 0. The minimum absolute atomic E-state index is 0.0798. The molecule has 27 heavy (non-hydrogen) atoms. The lowest BCUT2D eigenvalue weighted by molar-refractivity contribution is 0.0684. The van der Waals surface area contributed by atoms with E-state index in [4.69, 9.17) is 0 Å². The van der Waals surface area contributed by atoms with Gasteiger partial charge in [0.25, 0.3) is 5.91 Å². The lowest BCUT2D eigenvalue weighted by atomic mass is 10.0. The molecule has 0 bridgehead atoms. The molecule has 1 aromatic carbocycles. The van der Waals surface area contributed by atoms with E-state index in [1.165, 1.54) is 18.3 Å². The maximum atomic E-state index is 14.3. The Bertz CT molecular complexity index is 968. The quantitative estimate of drug-likeness (QED) is 0.686. The second-order valence-corrected chi connectivity index (χ2v) is 6.66. The van der Waals surface area contributed by atoms with Crippen LogP contribution in [0.5, 0.6) is 0 Å². The summed E-state index contributed by atoms with van der Waals surface area (Å²) in [6.07, 6.45) is 5.70. The van der Waals surface area contributed by atoms with Crippen molar-refractivity contribution in [2.45, 2.75) is 26.4 Å². The Morgan fingerprint density at radius 3 is 2.63 bits per heavy atom. The Kier molecular flexibility index (Phi) is 5.30. The summed E-state index contributed by atoms with van der Waals surface area (Å²) in [5, 5.41) is 0. The molecule has 140 valence electrons. The molecule has 2 heterocycles. The van der Waals surface area contributed by atoms with Crippen molar-refractivity contribution in [3.8, 4) is 11.1 Å². The van der Waals surface area contributed by atoms with Crippen molar-refractivity contribution in [2.24, 2.45) is 7.05 Å². The molecule has 0 aliphatic heterocycles. The van der Waals surface area contributed by atoms with Crippen LogP contribution in [0.25, 0.3) is 11.1 Å². The third-order valence-electron chi connectivity index (χ3n) is 4.21. The highest BCUT2D eigenvalue weighted by atomic mass is 19.1. The van der Waals surface area contributed by atoms with Crippen LogP contribution in [0.15, 0.2) is 49.2 Å². The lowest BCUT2D eigenvalue weighted by Gasteiger charge is -2.26. The van der Waals surface area contributed by atoms with Gasteiger partial charge in [-0.2, -0.15) is 0 Å². The van der Waals surface area contributed by atoms with Gasteiger partial charge >= 0.3 is 0 Å². The van der Waals surface area contributed by atoms with Gasteiger partial charge in [-0.05, 0) is 37.6 Å². The highest BCUT2D eigenvalue weighted by Gasteiger charge is 2.21. The van der Waals surface area contributed by atoms with Crippen molar-refractivity contribution in [3.05, 3.63) is 72.1 Å². The standard InChI is InChI=1S/C20H20F2N4O/c1-13(2)26(20(27)19-11-25(3)12-24-19)10-14-4-5-18(22)17(6-14)15-7-16(21)9-23-8-15/h4-9,11-13H,10H2,1-3H3. The SMILES string of the molecule is CC(C)N(Cc1ccc(F)c(-c2cncc(F)c2)c1)C(=O)c1cn(C)cn1. The number of benzene rings is 1. The summed E-state index contributed by atoms with van der Waals surface area (Å²) in [6.45, 7) is 4.09. The predicted octanol–water partition coefficient (Wildman–Crippen LogP) is 3.81. The Labute approximate surface area is 156 Å². The van der Waals surface area contributed by atoms with E-state index in [1.54, 1.807) is 41.2 Å². The van der Waals surface area contributed by atoms with E-state index in [1.807, 2.05) is 13.8 Å². The first-order valence-electron chi connectivity index (χ1n) is 8.53. The molecule has 0 unspecified atom stereocenters. The number of rotatable bonds is 5. The fourth-order valence-corrected chi connectivity index (χ4v) is 2.81. The summed E-state index contributed by atoms with van der Waals surface area (Å²) in [6, 6.07) is 5.71. The normalized spacial score (nSPS) is 11.0. The van der Waals surface area contributed by atoms with E-state index in [0.717, 1.165) is 11.8 Å². The molecule has 0 saturated heterocycles. The minimum Gasteiger partial charge on any atom is -0.340 e. The van der Waals surface area contributed by atoms with E-state index in [2.05, 4.69) is 9.97 Å². The van der Waals surface area contributed by atoms with Crippen LogP contribution in [-0.4, -0.2) is 31.4 Å². The van der Waals surface area contributed by atoms with Gasteiger partial charge in [-0.15, -0.1) is 0 Å². The zero-order chi connectivity index (χ0) is 19.6. The van der Waals surface area contributed by atoms with Crippen LogP contribution in [0.3, 0.4) is 0 Å². The monoisotopic (exact) mass is 370 g/mol. The van der Waals surface area contributed by atoms with Crippen LogP contribution in [-0.2, 0) is 13.6 Å². The number of halogens is 2. The van der Waals surface area contributed by atoms with Gasteiger partial charge in [0.1, 0.15) is 17.3 Å². The number of carbonyl (C=O) groups is 1. The van der Waals surface area contributed by atoms with Crippen LogP contribution in [0.1, 0.15) is 29.9 Å². The summed E-state index contributed by atoms with van der Waals surface area (Å²) in [5.74, 6) is -1.21. The molecule has 0 spiro atoms. The smallest absolute Gasteiger partial charge is 0.274 e. The highest BCUT2D eigenvalue weighted by molar-refractivity contribution is 5.92. The number of hydrogen-bond donors (Lipinski definition) is 0. The van der Waals surface area contributed by atoms with Gasteiger partial charge in [-0.3, -0.25) is 9.78 Å². The van der Waals surface area contributed by atoms with Gasteiger partial charge in [0.05, 0.1) is 12.5 Å². The fourth-order valence-electron chi connectivity index (χ4n) is 2.81. The van der Waals surface area contributed by atoms with Crippen LogP contribution < -0.4 is 0 Å². The number of pyridine rings is 1. The van der Waals surface area contributed by atoms with E-state index in [-0.39, 0.29) is 24.1 Å². The number of aryl methyl sites for hydroxylation is 1. The number of amides is 1. The van der Waals surface area contributed by atoms with Crippen molar-refractivity contribution in [2.75, 3.05) is 0 Å². The molecule has 3 aromatic rings. The summed E-state index contributed by atoms with van der Waals surface area (Å²) in [5.41, 5.74) is 1.67. The van der Waals surface area contributed by atoms with Crippen LogP contribution in [0.2, 0.25) is 0 Å². The topological polar surface area (TPSA) is 51.0 Å². The molecular weight excluding hydrogens is 350 g/mol. The van der Waals surface area contributed by atoms with Gasteiger partial charge in [0.15, 0.2) is 0 Å². The van der Waals surface area contributed by atoms with Crippen molar-refractivity contribution in [1.29, 1.82) is 0 Å². The van der Waals surface area contributed by atoms with Gasteiger partial charge in [0.2, 0.25) is 0 Å². The summed E-state index contributed by atoms with van der Waals surface area (Å²) in [4.78, 5) is 22.3. The van der Waals surface area contributed by atoms with E-state index in [9.17, 15) is 13.6 Å². The molecule has 1 amide bonds. The van der Waals surface area contributed by atoms with Gasteiger partial charge in [0, 0.05) is 43.2 Å². The molecule has 0 N–H and O–H groups in total. The Morgan fingerprint density at radius 1 is 1.22 bits per heavy atom. The lowest BCUT2D eigenvalue weighted by Crippen LogP contribution is -2.36. The first-order valence-corrected chi connectivity index (χ1v) is 8.53. The average Bonchev–Trinajstić information content (AvgIpc) is 3.06.